The fourth-order valence-electron chi connectivity index (χ4n) is 4.38. The molecule has 2 aliphatic rings. The van der Waals surface area contributed by atoms with Gasteiger partial charge in [-0.15, -0.1) is 0 Å². The number of alkyl halides is 3. The Balaban J connectivity index is 1.71. The van der Waals surface area contributed by atoms with Gasteiger partial charge in [0.05, 0.1) is 23.6 Å². The predicted octanol–water partition coefficient (Wildman–Crippen LogP) is 3.27. The quantitative estimate of drug-likeness (QED) is 0.717. The summed E-state index contributed by atoms with van der Waals surface area (Å²) in [5, 5.41) is 0. The average molecular weight is 433 g/mol. The third-order valence-electron chi connectivity index (χ3n) is 5.89. The van der Waals surface area contributed by atoms with Crippen LogP contribution in [-0.4, -0.2) is 61.3 Å². The van der Waals surface area contributed by atoms with Gasteiger partial charge in [0, 0.05) is 18.6 Å². The number of likely N-dealkylation sites (N-methyl/N-ethyl adjacent to an activating group) is 1. The zero-order chi connectivity index (χ0) is 21.2. The molecule has 1 aromatic rings. The minimum absolute atomic E-state index is 0.00884. The third-order valence-corrected chi connectivity index (χ3v) is 7.64. The largest absolute Gasteiger partial charge is 0.416 e. The van der Waals surface area contributed by atoms with Crippen LogP contribution >= 0.6 is 0 Å². The summed E-state index contributed by atoms with van der Waals surface area (Å²) >= 11 is 0. The number of rotatable bonds is 5. The molecule has 2 saturated heterocycles. The van der Waals surface area contributed by atoms with Crippen molar-refractivity contribution in [3.05, 3.63) is 35.4 Å². The second-order valence-electron chi connectivity index (χ2n) is 7.84. The van der Waals surface area contributed by atoms with Crippen molar-refractivity contribution in [2.45, 2.75) is 50.9 Å². The lowest BCUT2D eigenvalue weighted by Gasteiger charge is -2.37. The van der Waals surface area contributed by atoms with Crippen LogP contribution < -0.4 is 0 Å². The summed E-state index contributed by atoms with van der Waals surface area (Å²) < 4.78 is 62.1. The molecule has 0 unspecified atom stereocenters. The first-order chi connectivity index (χ1) is 13.6. The molecule has 2 atom stereocenters. The first-order valence-electron chi connectivity index (χ1n) is 10.0. The zero-order valence-electron chi connectivity index (χ0n) is 16.5. The van der Waals surface area contributed by atoms with Gasteiger partial charge < -0.3 is 4.90 Å². The number of likely N-dealkylation sites (tertiary alicyclic amines) is 1. The Morgan fingerprint density at radius 3 is 2.41 bits per heavy atom. The van der Waals surface area contributed by atoms with Crippen molar-refractivity contribution < 1.29 is 26.4 Å². The van der Waals surface area contributed by atoms with Crippen molar-refractivity contribution in [2.75, 3.05) is 31.1 Å². The number of nitrogens with zero attached hydrogens (tertiary/aromatic N) is 2. The van der Waals surface area contributed by atoms with E-state index in [1.807, 2.05) is 11.8 Å². The summed E-state index contributed by atoms with van der Waals surface area (Å²) in [4.78, 5) is 16.6. The highest BCUT2D eigenvalue weighted by molar-refractivity contribution is 7.91. The summed E-state index contributed by atoms with van der Waals surface area (Å²) in [5.74, 6) is 0.00209. The van der Waals surface area contributed by atoms with Crippen LogP contribution in [0.5, 0.6) is 0 Å². The molecule has 0 aromatic heterocycles. The molecule has 162 valence electrons. The Hall–Kier alpha value is -1.61. The SMILES string of the molecule is CCN(C(=O)CN1CCCC[C@@H]1c1ccc(C(F)(F)F)cc1)[C@H]1CCS(=O)(=O)C1. The number of piperidine rings is 1. The highest BCUT2D eigenvalue weighted by Gasteiger charge is 2.36. The van der Waals surface area contributed by atoms with Crippen LogP contribution in [0.25, 0.3) is 0 Å². The molecule has 0 N–H and O–H groups in total. The van der Waals surface area contributed by atoms with Gasteiger partial charge in [0.1, 0.15) is 0 Å². The lowest BCUT2D eigenvalue weighted by molar-refractivity contribution is -0.137. The van der Waals surface area contributed by atoms with E-state index < -0.39 is 21.6 Å². The lowest BCUT2D eigenvalue weighted by atomic mass is 9.94. The van der Waals surface area contributed by atoms with Crippen molar-refractivity contribution >= 4 is 15.7 Å². The molecule has 0 aliphatic carbocycles. The first-order valence-corrected chi connectivity index (χ1v) is 11.8. The molecule has 1 aromatic carbocycles. The van der Waals surface area contributed by atoms with Gasteiger partial charge in [0.15, 0.2) is 9.84 Å². The van der Waals surface area contributed by atoms with Gasteiger partial charge in [0.2, 0.25) is 5.91 Å². The van der Waals surface area contributed by atoms with Crippen molar-refractivity contribution in [2.24, 2.45) is 0 Å². The monoisotopic (exact) mass is 432 g/mol. The topological polar surface area (TPSA) is 57.7 Å². The van der Waals surface area contributed by atoms with Crippen LogP contribution in [0, 0.1) is 0 Å². The van der Waals surface area contributed by atoms with E-state index >= 15 is 0 Å². The molecular formula is C20H27F3N2O3S. The van der Waals surface area contributed by atoms with Crippen LogP contribution in [0.15, 0.2) is 24.3 Å². The van der Waals surface area contributed by atoms with Crippen molar-refractivity contribution in [1.29, 1.82) is 0 Å². The van der Waals surface area contributed by atoms with E-state index in [1.54, 1.807) is 4.90 Å². The highest BCUT2D eigenvalue weighted by Crippen LogP contribution is 2.34. The average Bonchev–Trinajstić information content (AvgIpc) is 3.01. The second kappa shape index (κ2) is 8.63. The molecule has 0 spiro atoms. The minimum atomic E-state index is -4.37. The zero-order valence-corrected chi connectivity index (χ0v) is 17.3. The normalized spacial score (nSPS) is 25.1. The molecule has 0 saturated carbocycles. The van der Waals surface area contributed by atoms with Crippen molar-refractivity contribution in [3.8, 4) is 0 Å². The van der Waals surface area contributed by atoms with Crippen molar-refractivity contribution in [3.63, 3.8) is 0 Å². The Bertz CT molecular complexity index is 824. The van der Waals surface area contributed by atoms with Gasteiger partial charge in [-0.2, -0.15) is 13.2 Å². The number of amides is 1. The van der Waals surface area contributed by atoms with E-state index in [4.69, 9.17) is 0 Å². The van der Waals surface area contributed by atoms with E-state index in [1.165, 1.54) is 12.1 Å². The van der Waals surface area contributed by atoms with E-state index in [0.717, 1.165) is 37.0 Å². The Morgan fingerprint density at radius 1 is 1.17 bits per heavy atom. The van der Waals surface area contributed by atoms with E-state index in [-0.39, 0.29) is 36.0 Å². The van der Waals surface area contributed by atoms with Crippen LogP contribution in [-0.2, 0) is 20.8 Å². The number of halogens is 3. The maximum Gasteiger partial charge on any atom is 0.416 e. The molecule has 2 heterocycles. The second-order valence-corrected chi connectivity index (χ2v) is 10.1. The molecule has 3 rings (SSSR count). The summed E-state index contributed by atoms with van der Waals surface area (Å²) in [5.41, 5.74) is 0.0938. The van der Waals surface area contributed by atoms with Gasteiger partial charge in [0.25, 0.3) is 0 Å². The third kappa shape index (κ3) is 5.31. The first kappa shape index (κ1) is 22.1. The minimum Gasteiger partial charge on any atom is -0.338 e. The van der Waals surface area contributed by atoms with Crippen LogP contribution in [0.3, 0.4) is 0 Å². The number of benzene rings is 1. The van der Waals surface area contributed by atoms with Gasteiger partial charge in [-0.3, -0.25) is 9.69 Å². The molecule has 29 heavy (non-hydrogen) atoms. The highest BCUT2D eigenvalue weighted by atomic mass is 32.2. The van der Waals surface area contributed by atoms with Gasteiger partial charge in [-0.1, -0.05) is 18.6 Å². The number of hydrogen-bond acceptors (Lipinski definition) is 4. The molecule has 0 bridgehead atoms. The Morgan fingerprint density at radius 2 is 1.86 bits per heavy atom. The van der Waals surface area contributed by atoms with Gasteiger partial charge in [-0.05, 0) is 50.4 Å². The van der Waals surface area contributed by atoms with E-state index in [9.17, 15) is 26.4 Å². The standard InChI is InChI=1S/C20H27F3N2O3S/c1-2-25(17-10-12-29(27,28)14-17)19(26)13-24-11-4-3-5-18(24)15-6-8-16(9-7-15)20(21,22)23/h6-9,17-18H,2-5,10-14H2,1H3/t17-,18+/m0/s1. The fraction of sp³-hybridized carbons (Fsp3) is 0.650. The maximum atomic E-state index is 12.9. The van der Waals surface area contributed by atoms with Crippen LogP contribution in [0.4, 0.5) is 13.2 Å². The molecular weight excluding hydrogens is 405 g/mol. The predicted molar refractivity (Wildman–Crippen MR) is 104 cm³/mol. The fourth-order valence-corrected chi connectivity index (χ4v) is 6.11. The number of carbonyl (C=O) groups is 1. The Labute approximate surface area is 169 Å². The molecule has 5 nitrogen and oxygen atoms in total. The Kier molecular flexibility index (Phi) is 6.57. The maximum absolute atomic E-state index is 12.9. The van der Waals surface area contributed by atoms with E-state index in [2.05, 4.69) is 0 Å². The lowest BCUT2D eigenvalue weighted by Crippen LogP contribution is -2.47. The number of sulfone groups is 1. The molecule has 0 radical (unpaired) electrons. The van der Waals surface area contributed by atoms with E-state index in [0.29, 0.717) is 19.5 Å². The van der Waals surface area contributed by atoms with Crippen LogP contribution in [0.1, 0.15) is 49.8 Å². The summed E-state index contributed by atoms with van der Waals surface area (Å²) in [7, 11) is -3.09. The summed E-state index contributed by atoms with van der Waals surface area (Å²) in [6.07, 6.45) is -1.25. The number of hydrogen-bond donors (Lipinski definition) is 0. The molecule has 2 fully saturated rings. The van der Waals surface area contributed by atoms with Crippen LogP contribution in [0.2, 0.25) is 0 Å². The summed E-state index contributed by atoms with van der Waals surface area (Å²) in [6, 6.07) is 4.78. The molecule has 9 heteroatoms. The van der Waals surface area contributed by atoms with Gasteiger partial charge in [-0.25, -0.2) is 8.42 Å². The molecule has 1 amide bonds. The molecule has 2 aliphatic heterocycles. The van der Waals surface area contributed by atoms with Gasteiger partial charge >= 0.3 is 6.18 Å². The summed E-state index contributed by atoms with van der Waals surface area (Å²) in [6.45, 7) is 3.12. The van der Waals surface area contributed by atoms with Crippen molar-refractivity contribution in [1.82, 2.24) is 9.80 Å². The number of carbonyl (C=O) groups excluding carboxylic acids is 1. The smallest absolute Gasteiger partial charge is 0.338 e.